The van der Waals surface area contributed by atoms with E-state index in [-0.39, 0.29) is 17.3 Å². The molecule has 6 heteroatoms. The zero-order chi connectivity index (χ0) is 16.8. The lowest BCUT2D eigenvalue weighted by atomic mass is 10.1. The van der Waals surface area contributed by atoms with Crippen molar-refractivity contribution >= 4 is 15.9 Å². The molecule has 0 heterocycles. The Morgan fingerprint density at radius 1 is 1.27 bits per heavy atom. The number of hydrogen-bond acceptors (Lipinski definition) is 3. The molecule has 0 fully saturated rings. The average Bonchev–Trinajstić information content (AvgIpc) is 2.41. The molecule has 0 unspecified atom stereocenters. The number of nitrogens with zero attached hydrogens (tertiary/aromatic N) is 1. The summed E-state index contributed by atoms with van der Waals surface area (Å²) in [7, 11) is -3.52. The zero-order valence-corrected chi connectivity index (χ0v) is 14.6. The standard InChI is InChI=1S/C16H26N2O3S/c1-13(2)8-10-18(15(4)19)11-9-17-22(20,21)16-7-5-6-14(3)12-16/h5-7,12-13,17H,8-11H2,1-4H3. The van der Waals surface area contributed by atoms with E-state index in [9.17, 15) is 13.2 Å². The first-order valence-corrected chi connectivity index (χ1v) is 9.02. The molecule has 22 heavy (non-hydrogen) atoms. The van der Waals surface area contributed by atoms with Gasteiger partial charge >= 0.3 is 0 Å². The molecular weight excluding hydrogens is 300 g/mol. The van der Waals surface area contributed by atoms with Crippen LogP contribution < -0.4 is 4.72 Å². The molecule has 5 nitrogen and oxygen atoms in total. The summed E-state index contributed by atoms with van der Waals surface area (Å²) >= 11 is 0. The van der Waals surface area contributed by atoms with Crippen LogP contribution in [0.2, 0.25) is 0 Å². The van der Waals surface area contributed by atoms with E-state index in [2.05, 4.69) is 18.6 Å². The van der Waals surface area contributed by atoms with E-state index in [0.717, 1.165) is 12.0 Å². The lowest BCUT2D eigenvalue weighted by molar-refractivity contribution is -0.128. The first-order chi connectivity index (χ1) is 10.2. The molecule has 0 saturated heterocycles. The fourth-order valence-corrected chi connectivity index (χ4v) is 3.15. The van der Waals surface area contributed by atoms with E-state index < -0.39 is 10.0 Å². The van der Waals surface area contributed by atoms with Gasteiger partial charge in [0.1, 0.15) is 0 Å². The molecule has 0 aromatic heterocycles. The summed E-state index contributed by atoms with van der Waals surface area (Å²) in [6.45, 7) is 8.80. The molecule has 1 aromatic carbocycles. The van der Waals surface area contributed by atoms with Crippen molar-refractivity contribution in [2.45, 2.75) is 39.0 Å². The second kappa shape index (κ2) is 8.29. The highest BCUT2D eigenvalue weighted by atomic mass is 32.2. The predicted molar refractivity (Wildman–Crippen MR) is 88.1 cm³/mol. The van der Waals surface area contributed by atoms with Crippen LogP contribution in [0.4, 0.5) is 0 Å². The van der Waals surface area contributed by atoms with Gasteiger partial charge in [-0.25, -0.2) is 13.1 Å². The van der Waals surface area contributed by atoms with Gasteiger partial charge < -0.3 is 4.90 Å². The molecule has 1 N–H and O–H groups in total. The van der Waals surface area contributed by atoms with Crippen LogP contribution in [0.3, 0.4) is 0 Å². The third kappa shape index (κ3) is 6.15. The fourth-order valence-electron chi connectivity index (χ4n) is 2.02. The minimum Gasteiger partial charge on any atom is -0.342 e. The monoisotopic (exact) mass is 326 g/mol. The van der Waals surface area contributed by atoms with Crippen LogP contribution >= 0.6 is 0 Å². The first kappa shape index (κ1) is 18.6. The quantitative estimate of drug-likeness (QED) is 0.796. The third-order valence-electron chi connectivity index (χ3n) is 3.40. The SMILES string of the molecule is CC(=O)N(CCNS(=O)(=O)c1cccc(C)c1)CCC(C)C. The van der Waals surface area contributed by atoms with Gasteiger partial charge in [-0.2, -0.15) is 0 Å². The average molecular weight is 326 g/mol. The fraction of sp³-hybridized carbons (Fsp3) is 0.562. The summed E-state index contributed by atoms with van der Waals surface area (Å²) in [4.78, 5) is 13.5. The smallest absolute Gasteiger partial charge is 0.240 e. The molecule has 124 valence electrons. The van der Waals surface area contributed by atoms with Gasteiger partial charge in [0, 0.05) is 26.6 Å². The minimum atomic E-state index is -3.52. The van der Waals surface area contributed by atoms with Crippen molar-refractivity contribution in [1.82, 2.24) is 9.62 Å². The summed E-state index contributed by atoms with van der Waals surface area (Å²) in [5.74, 6) is 0.473. The number of amides is 1. The van der Waals surface area contributed by atoms with Crippen LogP contribution in [0.5, 0.6) is 0 Å². The molecule has 0 aliphatic carbocycles. The van der Waals surface area contributed by atoms with E-state index in [0.29, 0.717) is 19.0 Å². The van der Waals surface area contributed by atoms with Crippen LogP contribution in [0.25, 0.3) is 0 Å². The number of carbonyl (C=O) groups excluding carboxylic acids is 1. The van der Waals surface area contributed by atoms with E-state index in [1.165, 1.54) is 6.92 Å². The van der Waals surface area contributed by atoms with Crippen molar-refractivity contribution in [1.29, 1.82) is 0 Å². The largest absolute Gasteiger partial charge is 0.342 e. The van der Waals surface area contributed by atoms with Gasteiger partial charge in [-0.15, -0.1) is 0 Å². The number of carbonyl (C=O) groups is 1. The topological polar surface area (TPSA) is 66.5 Å². The molecule has 0 spiro atoms. The maximum atomic E-state index is 12.2. The molecule has 1 aromatic rings. The van der Waals surface area contributed by atoms with Crippen molar-refractivity contribution in [2.24, 2.45) is 5.92 Å². The van der Waals surface area contributed by atoms with E-state index in [1.54, 1.807) is 23.1 Å². The highest BCUT2D eigenvalue weighted by Gasteiger charge is 2.15. The Morgan fingerprint density at radius 2 is 1.95 bits per heavy atom. The molecule has 1 rings (SSSR count). The molecule has 0 atom stereocenters. The van der Waals surface area contributed by atoms with Crippen LogP contribution in [-0.2, 0) is 14.8 Å². The Labute approximate surface area is 133 Å². The van der Waals surface area contributed by atoms with Crippen LogP contribution in [0, 0.1) is 12.8 Å². The maximum absolute atomic E-state index is 12.2. The highest BCUT2D eigenvalue weighted by Crippen LogP contribution is 2.10. The number of aryl methyl sites for hydroxylation is 1. The number of hydrogen-bond donors (Lipinski definition) is 1. The van der Waals surface area contributed by atoms with Gasteiger partial charge in [0.25, 0.3) is 0 Å². The molecule has 0 radical (unpaired) electrons. The Kier molecular flexibility index (Phi) is 7.03. The van der Waals surface area contributed by atoms with Gasteiger partial charge in [0.05, 0.1) is 4.90 Å². The van der Waals surface area contributed by atoms with Gasteiger partial charge in [0.15, 0.2) is 0 Å². The summed E-state index contributed by atoms with van der Waals surface area (Å²) in [5, 5.41) is 0. The highest BCUT2D eigenvalue weighted by molar-refractivity contribution is 7.89. The second-order valence-corrected chi connectivity index (χ2v) is 7.67. The van der Waals surface area contributed by atoms with Crippen LogP contribution in [0.15, 0.2) is 29.2 Å². The van der Waals surface area contributed by atoms with Gasteiger partial charge in [-0.3, -0.25) is 4.79 Å². The molecule has 1 amide bonds. The second-order valence-electron chi connectivity index (χ2n) is 5.90. The van der Waals surface area contributed by atoms with E-state index >= 15 is 0 Å². The molecule has 0 aliphatic rings. The Morgan fingerprint density at radius 3 is 2.50 bits per heavy atom. The Balaban J connectivity index is 2.58. The minimum absolute atomic E-state index is 0.0320. The zero-order valence-electron chi connectivity index (χ0n) is 13.8. The molecule has 0 saturated carbocycles. The van der Waals surface area contributed by atoms with Crippen molar-refractivity contribution in [3.63, 3.8) is 0 Å². The van der Waals surface area contributed by atoms with E-state index in [1.807, 2.05) is 13.0 Å². The number of sulfonamides is 1. The summed E-state index contributed by atoms with van der Waals surface area (Å²) in [6.07, 6.45) is 0.907. The Bertz CT molecular complexity index is 597. The number of rotatable bonds is 8. The Hall–Kier alpha value is -1.40. The van der Waals surface area contributed by atoms with Crippen molar-refractivity contribution in [3.05, 3.63) is 29.8 Å². The van der Waals surface area contributed by atoms with Crippen LogP contribution in [0.1, 0.15) is 32.8 Å². The summed E-state index contributed by atoms with van der Waals surface area (Å²) in [6, 6.07) is 6.76. The molecule has 0 aliphatic heterocycles. The maximum Gasteiger partial charge on any atom is 0.240 e. The molecule has 0 bridgehead atoms. The van der Waals surface area contributed by atoms with Crippen molar-refractivity contribution in [2.75, 3.05) is 19.6 Å². The normalized spacial score (nSPS) is 11.7. The van der Waals surface area contributed by atoms with Crippen molar-refractivity contribution in [3.8, 4) is 0 Å². The van der Waals surface area contributed by atoms with Gasteiger partial charge in [-0.1, -0.05) is 26.0 Å². The van der Waals surface area contributed by atoms with E-state index in [4.69, 9.17) is 0 Å². The van der Waals surface area contributed by atoms with Gasteiger partial charge in [-0.05, 0) is 37.0 Å². The van der Waals surface area contributed by atoms with Crippen molar-refractivity contribution < 1.29 is 13.2 Å². The third-order valence-corrected chi connectivity index (χ3v) is 4.85. The predicted octanol–water partition coefficient (Wildman–Crippen LogP) is 2.17. The first-order valence-electron chi connectivity index (χ1n) is 7.54. The molecular formula is C16H26N2O3S. The summed E-state index contributed by atoms with van der Waals surface area (Å²) < 4.78 is 26.9. The lowest BCUT2D eigenvalue weighted by Crippen LogP contribution is -2.38. The lowest BCUT2D eigenvalue weighted by Gasteiger charge is -2.22. The van der Waals surface area contributed by atoms with Gasteiger partial charge in [0.2, 0.25) is 15.9 Å². The van der Waals surface area contributed by atoms with Crippen LogP contribution in [-0.4, -0.2) is 38.9 Å². The summed E-state index contributed by atoms with van der Waals surface area (Å²) in [5.41, 5.74) is 0.894. The number of benzene rings is 1. The number of nitrogens with one attached hydrogen (secondary N) is 1.